The second-order valence-electron chi connectivity index (χ2n) is 8.15. The number of benzene rings is 3. The smallest absolute Gasteiger partial charge is 0.255 e. The number of hydrogen-bond acceptors (Lipinski definition) is 5. The van der Waals surface area contributed by atoms with Crippen LogP contribution in [0.3, 0.4) is 0 Å². The Morgan fingerprint density at radius 3 is 2.41 bits per heavy atom. The van der Waals surface area contributed by atoms with Gasteiger partial charge in [0.15, 0.2) is 5.75 Å². The topological polar surface area (TPSA) is 79.0 Å². The van der Waals surface area contributed by atoms with Gasteiger partial charge in [-0.2, -0.15) is 4.31 Å². The number of hydrogen-bond donors (Lipinski definition) is 1. The third-order valence-electron chi connectivity index (χ3n) is 5.56. The summed E-state index contributed by atoms with van der Waals surface area (Å²) in [4.78, 5) is 15.2. The van der Waals surface area contributed by atoms with E-state index in [-0.39, 0.29) is 5.91 Å². The van der Waals surface area contributed by atoms with Crippen molar-refractivity contribution in [3.8, 4) is 11.5 Å². The Labute approximate surface area is 205 Å². The summed E-state index contributed by atoms with van der Waals surface area (Å²) in [5.41, 5.74) is 1.97. The first-order chi connectivity index (χ1) is 16.3. The molecule has 0 atom stereocenters. The molecule has 1 amide bonds. The van der Waals surface area contributed by atoms with Gasteiger partial charge in [-0.1, -0.05) is 41.9 Å². The lowest BCUT2D eigenvalue weighted by Gasteiger charge is -2.33. The summed E-state index contributed by atoms with van der Waals surface area (Å²) < 4.78 is 30.9. The number of piperazine rings is 1. The second-order valence-corrected chi connectivity index (χ2v) is 10.6. The Morgan fingerprint density at radius 1 is 0.971 bits per heavy atom. The first-order valence-corrected chi connectivity index (χ1v) is 13.1. The van der Waals surface area contributed by atoms with Gasteiger partial charge in [-0.15, -0.1) is 0 Å². The molecule has 1 fully saturated rings. The van der Waals surface area contributed by atoms with Gasteiger partial charge < -0.3 is 10.1 Å². The SMILES string of the molecule is CS(=O)(=O)N1CCN(Cc2cccc(C(=O)Nc3cc(Cl)ccc3Oc3ccccc3)c2)CC1. The standard InChI is InChI=1S/C25H26ClN3O4S/c1-34(31,32)29-14-12-28(13-15-29)18-19-6-5-7-20(16-19)25(30)27-23-17-21(26)10-11-24(23)33-22-8-3-2-4-9-22/h2-11,16-17H,12-15,18H2,1H3,(H,27,30). The maximum atomic E-state index is 13.0. The predicted molar refractivity (Wildman–Crippen MR) is 134 cm³/mol. The zero-order chi connectivity index (χ0) is 24.1. The van der Waals surface area contributed by atoms with Gasteiger partial charge in [-0.05, 0) is 48.0 Å². The minimum absolute atomic E-state index is 0.274. The molecule has 3 aromatic carbocycles. The highest BCUT2D eigenvalue weighted by Crippen LogP contribution is 2.32. The van der Waals surface area contributed by atoms with Crippen molar-refractivity contribution in [3.05, 3.63) is 88.9 Å². The van der Waals surface area contributed by atoms with E-state index in [0.717, 1.165) is 5.56 Å². The summed E-state index contributed by atoms with van der Waals surface area (Å²) in [7, 11) is -3.16. The van der Waals surface area contributed by atoms with Crippen LogP contribution < -0.4 is 10.1 Å². The lowest BCUT2D eigenvalue weighted by atomic mass is 10.1. The lowest BCUT2D eigenvalue weighted by Crippen LogP contribution is -2.47. The lowest BCUT2D eigenvalue weighted by molar-refractivity contribution is 0.102. The van der Waals surface area contributed by atoms with Crippen molar-refractivity contribution in [2.24, 2.45) is 0 Å². The Balaban J connectivity index is 1.44. The van der Waals surface area contributed by atoms with Crippen LogP contribution in [0.5, 0.6) is 11.5 Å². The van der Waals surface area contributed by atoms with E-state index in [4.69, 9.17) is 16.3 Å². The molecule has 0 bridgehead atoms. The number of nitrogens with zero attached hydrogens (tertiary/aromatic N) is 2. The van der Waals surface area contributed by atoms with Crippen molar-refractivity contribution < 1.29 is 17.9 Å². The van der Waals surface area contributed by atoms with Crippen LogP contribution in [-0.4, -0.2) is 56.0 Å². The molecule has 0 aliphatic carbocycles. The number of anilines is 1. The van der Waals surface area contributed by atoms with E-state index in [0.29, 0.717) is 60.5 Å². The summed E-state index contributed by atoms with van der Waals surface area (Å²) in [5.74, 6) is 0.867. The van der Waals surface area contributed by atoms with Gasteiger partial charge in [0.05, 0.1) is 11.9 Å². The average Bonchev–Trinajstić information content (AvgIpc) is 2.81. The fourth-order valence-corrected chi connectivity index (χ4v) is 4.79. The number of ether oxygens (including phenoxy) is 1. The van der Waals surface area contributed by atoms with Gasteiger partial charge >= 0.3 is 0 Å². The monoisotopic (exact) mass is 499 g/mol. The van der Waals surface area contributed by atoms with Gasteiger partial charge in [-0.25, -0.2) is 8.42 Å². The minimum Gasteiger partial charge on any atom is -0.455 e. The number of sulfonamides is 1. The second kappa shape index (κ2) is 10.6. The van der Waals surface area contributed by atoms with Crippen LogP contribution in [0.4, 0.5) is 5.69 Å². The number of rotatable bonds is 7. The van der Waals surface area contributed by atoms with Crippen LogP contribution in [0, 0.1) is 0 Å². The maximum absolute atomic E-state index is 13.0. The highest BCUT2D eigenvalue weighted by atomic mass is 35.5. The van der Waals surface area contributed by atoms with Gasteiger partial charge in [0.25, 0.3) is 5.91 Å². The van der Waals surface area contributed by atoms with E-state index < -0.39 is 10.0 Å². The Kier molecular flexibility index (Phi) is 7.53. The van der Waals surface area contributed by atoms with E-state index in [1.807, 2.05) is 48.5 Å². The van der Waals surface area contributed by atoms with E-state index in [1.54, 1.807) is 24.3 Å². The molecular weight excluding hydrogens is 474 g/mol. The first kappa shape index (κ1) is 24.2. The van der Waals surface area contributed by atoms with Gasteiger partial charge in [0, 0.05) is 43.3 Å². The molecule has 1 aliphatic heterocycles. The fraction of sp³-hybridized carbons (Fsp3) is 0.240. The molecule has 0 spiro atoms. The van der Waals surface area contributed by atoms with Crippen LogP contribution in [0.15, 0.2) is 72.8 Å². The highest BCUT2D eigenvalue weighted by Gasteiger charge is 2.23. The molecule has 0 saturated carbocycles. The zero-order valence-corrected chi connectivity index (χ0v) is 20.3. The number of carbonyl (C=O) groups is 1. The van der Waals surface area contributed by atoms with Crippen molar-refractivity contribution in [2.45, 2.75) is 6.54 Å². The third kappa shape index (κ3) is 6.36. The van der Waals surface area contributed by atoms with Crippen molar-refractivity contribution in [1.82, 2.24) is 9.21 Å². The molecule has 7 nitrogen and oxygen atoms in total. The van der Waals surface area contributed by atoms with Crippen molar-refractivity contribution in [3.63, 3.8) is 0 Å². The normalized spacial score (nSPS) is 15.1. The van der Waals surface area contributed by atoms with Crippen LogP contribution in [0.2, 0.25) is 5.02 Å². The molecule has 1 aliphatic rings. The summed E-state index contributed by atoms with van der Waals surface area (Å²) in [6.07, 6.45) is 1.24. The molecule has 1 N–H and O–H groups in total. The molecule has 0 radical (unpaired) electrons. The van der Waals surface area contributed by atoms with E-state index in [9.17, 15) is 13.2 Å². The molecule has 178 valence electrons. The first-order valence-electron chi connectivity index (χ1n) is 10.9. The molecule has 0 aromatic heterocycles. The third-order valence-corrected chi connectivity index (χ3v) is 7.09. The predicted octanol–water partition coefficient (Wildman–Crippen LogP) is 4.46. The van der Waals surface area contributed by atoms with Gasteiger partial charge in [0.1, 0.15) is 5.75 Å². The molecule has 1 heterocycles. The molecule has 34 heavy (non-hydrogen) atoms. The summed E-state index contributed by atoms with van der Waals surface area (Å²) in [5, 5.41) is 3.39. The molecule has 4 rings (SSSR count). The summed E-state index contributed by atoms with van der Waals surface area (Å²) >= 11 is 6.17. The summed E-state index contributed by atoms with van der Waals surface area (Å²) in [6.45, 7) is 2.87. The zero-order valence-electron chi connectivity index (χ0n) is 18.8. The fourth-order valence-electron chi connectivity index (χ4n) is 3.79. The van der Waals surface area contributed by atoms with E-state index >= 15 is 0 Å². The number of nitrogens with one attached hydrogen (secondary N) is 1. The minimum atomic E-state index is -3.16. The highest BCUT2D eigenvalue weighted by molar-refractivity contribution is 7.88. The quantitative estimate of drug-likeness (QED) is 0.519. The molecule has 0 unspecified atom stereocenters. The number of para-hydroxylation sites is 1. The number of amides is 1. The average molecular weight is 500 g/mol. The van der Waals surface area contributed by atoms with Crippen LogP contribution in [0.25, 0.3) is 0 Å². The van der Waals surface area contributed by atoms with Gasteiger partial charge in [-0.3, -0.25) is 9.69 Å². The van der Waals surface area contributed by atoms with Crippen LogP contribution in [-0.2, 0) is 16.6 Å². The molecule has 1 saturated heterocycles. The van der Waals surface area contributed by atoms with Crippen molar-refractivity contribution in [2.75, 3.05) is 37.8 Å². The van der Waals surface area contributed by atoms with Crippen molar-refractivity contribution >= 4 is 33.2 Å². The Hall–Kier alpha value is -2.91. The van der Waals surface area contributed by atoms with Gasteiger partial charge in [0.2, 0.25) is 10.0 Å². The Morgan fingerprint density at radius 2 is 1.71 bits per heavy atom. The maximum Gasteiger partial charge on any atom is 0.255 e. The largest absolute Gasteiger partial charge is 0.455 e. The molecule has 9 heteroatoms. The van der Waals surface area contributed by atoms with Crippen LogP contribution in [0.1, 0.15) is 15.9 Å². The van der Waals surface area contributed by atoms with Crippen LogP contribution >= 0.6 is 11.6 Å². The molecule has 3 aromatic rings. The van der Waals surface area contributed by atoms with Crippen molar-refractivity contribution in [1.29, 1.82) is 0 Å². The van der Waals surface area contributed by atoms with E-state index in [2.05, 4.69) is 10.2 Å². The molecular formula is C25H26ClN3O4S. The Bertz CT molecular complexity index is 1260. The number of carbonyl (C=O) groups excluding carboxylic acids is 1. The van der Waals surface area contributed by atoms with E-state index in [1.165, 1.54) is 10.6 Å². The summed E-state index contributed by atoms with van der Waals surface area (Å²) in [6, 6.07) is 21.8. The number of halogens is 1.